The minimum atomic E-state index is 0. The van der Waals surface area contributed by atoms with Crippen LogP contribution in [0.15, 0.2) is 6.20 Å². The molecule has 1 aromatic rings. The predicted molar refractivity (Wildman–Crippen MR) is 88.5 cm³/mol. The second-order valence-electron chi connectivity index (χ2n) is 4.83. The van der Waals surface area contributed by atoms with Crippen LogP contribution in [0.3, 0.4) is 0 Å². The van der Waals surface area contributed by atoms with Gasteiger partial charge in [0.25, 0.3) is 5.91 Å². The van der Waals surface area contributed by atoms with E-state index in [0.29, 0.717) is 5.92 Å². The Bertz CT molecular complexity index is 414. The smallest absolute Gasteiger partial charge is 0.265 e. The molecule has 0 saturated carbocycles. The van der Waals surface area contributed by atoms with Gasteiger partial charge in [0.15, 0.2) is 0 Å². The van der Waals surface area contributed by atoms with Crippen LogP contribution in [-0.2, 0) is 6.42 Å². The summed E-state index contributed by atoms with van der Waals surface area (Å²) in [6, 6.07) is 0. The third kappa shape index (κ3) is 4.88. The molecule has 1 N–H and O–H groups in total. The fourth-order valence-electron chi connectivity index (χ4n) is 2.37. The maximum Gasteiger partial charge on any atom is 0.265 e. The fraction of sp³-hybridized carbons (Fsp3) is 0.692. The lowest BCUT2D eigenvalue weighted by atomic mass is 10.1. The van der Waals surface area contributed by atoms with Crippen LogP contribution >= 0.6 is 36.2 Å². The summed E-state index contributed by atoms with van der Waals surface area (Å²) in [5.41, 5.74) is 0. The number of amides is 1. The molecule has 4 nitrogen and oxygen atoms in total. The third-order valence-corrected chi connectivity index (χ3v) is 4.34. The van der Waals surface area contributed by atoms with E-state index in [2.05, 4.69) is 17.2 Å². The summed E-state index contributed by atoms with van der Waals surface area (Å²) >= 11 is 1.55. The monoisotopic (exact) mass is 339 g/mol. The van der Waals surface area contributed by atoms with Gasteiger partial charge in [-0.1, -0.05) is 6.92 Å². The van der Waals surface area contributed by atoms with Crippen molar-refractivity contribution in [3.05, 3.63) is 16.1 Å². The summed E-state index contributed by atoms with van der Waals surface area (Å²) in [4.78, 5) is 19.4. The lowest BCUT2D eigenvalue weighted by molar-refractivity contribution is 0.0791. The van der Waals surface area contributed by atoms with Crippen molar-refractivity contribution in [3.63, 3.8) is 0 Å². The molecule has 0 aromatic carbocycles. The Labute approximate surface area is 137 Å². The number of aryl methyl sites for hydroxylation is 1. The number of carbonyl (C=O) groups is 1. The van der Waals surface area contributed by atoms with E-state index >= 15 is 0 Å². The van der Waals surface area contributed by atoms with Gasteiger partial charge in [0.2, 0.25) is 0 Å². The van der Waals surface area contributed by atoms with Crippen molar-refractivity contribution in [2.24, 2.45) is 5.92 Å². The van der Waals surface area contributed by atoms with E-state index in [1.807, 2.05) is 11.9 Å². The molecule has 0 aliphatic carbocycles. The highest BCUT2D eigenvalue weighted by molar-refractivity contribution is 7.13. The minimum absolute atomic E-state index is 0. The van der Waals surface area contributed by atoms with Crippen molar-refractivity contribution >= 4 is 42.1 Å². The first-order valence-electron chi connectivity index (χ1n) is 6.63. The van der Waals surface area contributed by atoms with Gasteiger partial charge in [-0.05, 0) is 38.8 Å². The number of thiazole rings is 1. The number of nitrogens with zero attached hydrogens (tertiary/aromatic N) is 2. The average Bonchev–Trinajstić information content (AvgIpc) is 2.98. The van der Waals surface area contributed by atoms with Gasteiger partial charge in [-0.3, -0.25) is 4.79 Å². The van der Waals surface area contributed by atoms with Gasteiger partial charge in [-0.15, -0.1) is 36.2 Å². The van der Waals surface area contributed by atoms with Crippen molar-refractivity contribution in [3.8, 4) is 0 Å². The van der Waals surface area contributed by atoms with Crippen LogP contribution in [0.4, 0.5) is 0 Å². The molecule has 0 radical (unpaired) electrons. The first-order chi connectivity index (χ1) is 8.74. The average molecular weight is 340 g/mol. The molecule has 2 heterocycles. The quantitative estimate of drug-likeness (QED) is 0.896. The van der Waals surface area contributed by atoms with Gasteiger partial charge in [0, 0.05) is 13.1 Å². The minimum Gasteiger partial charge on any atom is -0.338 e. The molecule has 7 heteroatoms. The van der Waals surface area contributed by atoms with Gasteiger partial charge in [0.1, 0.15) is 4.88 Å². The Morgan fingerprint density at radius 1 is 1.55 bits per heavy atom. The van der Waals surface area contributed by atoms with Gasteiger partial charge >= 0.3 is 0 Å². The van der Waals surface area contributed by atoms with Crippen LogP contribution in [0.1, 0.15) is 34.4 Å². The van der Waals surface area contributed by atoms with E-state index < -0.39 is 0 Å². The molecule has 1 fully saturated rings. The van der Waals surface area contributed by atoms with E-state index in [4.69, 9.17) is 0 Å². The Balaban J connectivity index is 0.00000180. The number of aromatic nitrogens is 1. The van der Waals surface area contributed by atoms with Crippen LogP contribution in [0.25, 0.3) is 0 Å². The summed E-state index contributed by atoms with van der Waals surface area (Å²) < 4.78 is 0. The molecule has 1 atom stereocenters. The largest absolute Gasteiger partial charge is 0.338 e. The zero-order valence-electron chi connectivity index (χ0n) is 11.9. The molecular formula is C13H23Cl2N3OS. The second kappa shape index (κ2) is 9.55. The molecule has 1 amide bonds. The van der Waals surface area contributed by atoms with Crippen molar-refractivity contribution in [2.45, 2.75) is 26.2 Å². The molecule has 2 rings (SSSR count). The highest BCUT2D eigenvalue weighted by Gasteiger charge is 2.27. The third-order valence-electron chi connectivity index (χ3n) is 3.29. The van der Waals surface area contributed by atoms with Crippen molar-refractivity contribution in [1.29, 1.82) is 0 Å². The van der Waals surface area contributed by atoms with Crippen molar-refractivity contribution in [1.82, 2.24) is 15.2 Å². The van der Waals surface area contributed by atoms with E-state index in [9.17, 15) is 4.79 Å². The topological polar surface area (TPSA) is 45.2 Å². The predicted octanol–water partition coefficient (Wildman–Crippen LogP) is 2.62. The number of nitrogens with one attached hydrogen (secondary N) is 1. The van der Waals surface area contributed by atoms with E-state index in [1.165, 1.54) is 0 Å². The van der Waals surface area contributed by atoms with Crippen LogP contribution in [0.2, 0.25) is 0 Å². The Kier molecular flexibility index (Phi) is 9.38. The molecule has 1 aromatic heterocycles. The number of rotatable bonds is 5. The molecule has 1 aliphatic rings. The molecular weight excluding hydrogens is 317 g/mol. The lowest BCUT2D eigenvalue weighted by Gasteiger charge is -2.15. The van der Waals surface area contributed by atoms with E-state index in [1.54, 1.807) is 17.5 Å². The van der Waals surface area contributed by atoms with E-state index in [0.717, 1.165) is 48.8 Å². The molecule has 20 heavy (non-hydrogen) atoms. The summed E-state index contributed by atoms with van der Waals surface area (Å²) in [5, 5.41) is 4.26. The van der Waals surface area contributed by atoms with Crippen LogP contribution in [0.5, 0.6) is 0 Å². The zero-order valence-corrected chi connectivity index (χ0v) is 14.4. The SMILES string of the molecule is CCCc1ncc(C(=O)N2CCC(CNC)C2)s1.Cl.Cl. The molecule has 116 valence electrons. The number of likely N-dealkylation sites (tertiary alicyclic amines) is 1. The highest BCUT2D eigenvalue weighted by atomic mass is 35.5. The molecule has 0 bridgehead atoms. The summed E-state index contributed by atoms with van der Waals surface area (Å²) in [5.74, 6) is 0.760. The summed E-state index contributed by atoms with van der Waals surface area (Å²) in [7, 11) is 1.96. The van der Waals surface area contributed by atoms with Crippen molar-refractivity contribution < 1.29 is 4.79 Å². The molecule has 0 spiro atoms. The standard InChI is InChI=1S/C13H21N3OS.2ClH/c1-3-4-12-15-8-11(18-12)13(17)16-6-5-10(9-16)7-14-2;;/h8,10,14H,3-7,9H2,1-2H3;2*1H. The fourth-order valence-corrected chi connectivity index (χ4v) is 3.35. The van der Waals surface area contributed by atoms with Crippen LogP contribution in [-0.4, -0.2) is 42.5 Å². The van der Waals surface area contributed by atoms with Crippen LogP contribution < -0.4 is 5.32 Å². The Morgan fingerprint density at radius 3 is 2.95 bits per heavy atom. The first kappa shape index (κ1) is 19.6. The van der Waals surface area contributed by atoms with Crippen molar-refractivity contribution in [2.75, 3.05) is 26.7 Å². The first-order valence-corrected chi connectivity index (χ1v) is 7.44. The summed E-state index contributed by atoms with van der Waals surface area (Å²) in [6.07, 6.45) is 4.89. The highest BCUT2D eigenvalue weighted by Crippen LogP contribution is 2.21. The van der Waals surface area contributed by atoms with Gasteiger partial charge in [0.05, 0.1) is 11.2 Å². The molecule has 1 unspecified atom stereocenters. The molecule has 1 saturated heterocycles. The normalized spacial score (nSPS) is 17.5. The second-order valence-corrected chi connectivity index (χ2v) is 5.95. The van der Waals surface area contributed by atoms with E-state index in [-0.39, 0.29) is 30.7 Å². The van der Waals surface area contributed by atoms with Gasteiger partial charge in [-0.2, -0.15) is 0 Å². The number of hydrogen-bond donors (Lipinski definition) is 1. The number of halogens is 2. The lowest BCUT2D eigenvalue weighted by Crippen LogP contribution is -2.29. The van der Waals surface area contributed by atoms with Gasteiger partial charge < -0.3 is 10.2 Å². The molecule has 1 aliphatic heterocycles. The maximum atomic E-state index is 12.3. The Morgan fingerprint density at radius 2 is 2.30 bits per heavy atom. The number of hydrogen-bond acceptors (Lipinski definition) is 4. The zero-order chi connectivity index (χ0) is 13.0. The van der Waals surface area contributed by atoms with Gasteiger partial charge in [-0.25, -0.2) is 4.98 Å². The summed E-state index contributed by atoms with van der Waals surface area (Å²) in [6.45, 7) is 4.88. The maximum absolute atomic E-state index is 12.3. The van der Waals surface area contributed by atoms with Crippen LogP contribution in [0, 0.1) is 5.92 Å². The number of carbonyl (C=O) groups excluding carboxylic acids is 1. The Hall–Kier alpha value is -0.360.